The minimum absolute atomic E-state index is 0.443. The number of nitrogens with zero attached hydrogens (tertiary/aromatic N) is 1. The van der Waals surface area contributed by atoms with Gasteiger partial charge in [-0.3, -0.25) is 0 Å². The van der Waals surface area contributed by atoms with E-state index in [9.17, 15) is 4.39 Å². The standard InChI is InChI=1S/C7H7ClFN/c1-4-5(2)7(9)10-3-6(4)8/h3H,1-2H3. The van der Waals surface area contributed by atoms with E-state index in [0.29, 0.717) is 10.6 Å². The van der Waals surface area contributed by atoms with E-state index in [1.807, 2.05) is 0 Å². The maximum atomic E-state index is 12.6. The highest BCUT2D eigenvalue weighted by Crippen LogP contribution is 2.18. The highest BCUT2D eigenvalue weighted by Gasteiger charge is 2.03. The first-order valence-corrected chi connectivity index (χ1v) is 3.28. The highest BCUT2D eigenvalue weighted by molar-refractivity contribution is 6.31. The van der Waals surface area contributed by atoms with Gasteiger partial charge in [0.05, 0.1) is 5.02 Å². The lowest BCUT2D eigenvalue weighted by molar-refractivity contribution is 0.573. The summed E-state index contributed by atoms with van der Waals surface area (Å²) in [7, 11) is 0. The van der Waals surface area contributed by atoms with Crippen molar-refractivity contribution >= 4 is 11.6 Å². The summed E-state index contributed by atoms with van der Waals surface area (Å²) >= 11 is 5.66. The fourth-order valence-corrected chi connectivity index (χ4v) is 0.831. The Labute approximate surface area is 63.8 Å². The van der Waals surface area contributed by atoms with Crippen molar-refractivity contribution in [1.29, 1.82) is 0 Å². The molecule has 1 heterocycles. The molecule has 0 amide bonds. The quantitative estimate of drug-likeness (QED) is 0.530. The van der Waals surface area contributed by atoms with E-state index in [2.05, 4.69) is 4.98 Å². The molecule has 0 saturated heterocycles. The second kappa shape index (κ2) is 2.54. The Hall–Kier alpha value is -0.630. The SMILES string of the molecule is Cc1c(Cl)cnc(F)c1C. The van der Waals surface area contributed by atoms with Gasteiger partial charge in [-0.2, -0.15) is 4.39 Å². The van der Waals surface area contributed by atoms with Crippen molar-refractivity contribution in [3.05, 3.63) is 28.3 Å². The Balaban J connectivity index is 3.34. The number of rotatable bonds is 0. The van der Waals surface area contributed by atoms with Crippen LogP contribution in [0.3, 0.4) is 0 Å². The number of hydrogen-bond acceptors (Lipinski definition) is 1. The van der Waals surface area contributed by atoms with Gasteiger partial charge in [0.2, 0.25) is 5.95 Å². The van der Waals surface area contributed by atoms with Crippen molar-refractivity contribution in [1.82, 2.24) is 4.98 Å². The molecular formula is C7H7ClFN. The minimum atomic E-state index is -0.443. The Morgan fingerprint density at radius 1 is 1.40 bits per heavy atom. The van der Waals surface area contributed by atoms with E-state index in [1.54, 1.807) is 13.8 Å². The average Bonchev–Trinajstić information content (AvgIpc) is 1.93. The Morgan fingerprint density at radius 2 is 2.00 bits per heavy atom. The number of aromatic nitrogens is 1. The van der Waals surface area contributed by atoms with Crippen LogP contribution in [0, 0.1) is 19.8 Å². The first kappa shape index (κ1) is 7.48. The van der Waals surface area contributed by atoms with Gasteiger partial charge in [0.1, 0.15) is 0 Å². The van der Waals surface area contributed by atoms with Crippen LogP contribution < -0.4 is 0 Å². The molecule has 0 spiro atoms. The molecule has 0 fully saturated rings. The van der Waals surface area contributed by atoms with Gasteiger partial charge >= 0.3 is 0 Å². The fourth-order valence-electron chi connectivity index (χ4n) is 0.641. The van der Waals surface area contributed by atoms with Gasteiger partial charge in [0, 0.05) is 11.8 Å². The summed E-state index contributed by atoms with van der Waals surface area (Å²) < 4.78 is 12.6. The van der Waals surface area contributed by atoms with Gasteiger partial charge in [-0.1, -0.05) is 11.6 Å². The molecule has 0 saturated carbocycles. The summed E-state index contributed by atoms with van der Waals surface area (Å²) in [6, 6.07) is 0. The second-order valence-electron chi connectivity index (χ2n) is 2.15. The van der Waals surface area contributed by atoms with E-state index in [1.165, 1.54) is 6.20 Å². The van der Waals surface area contributed by atoms with Crippen LogP contribution in [0.5, 0.6) is 0 Å². The third-order valence-corrected chi connectivity index (χ3v) is 1.90. The molecule has 0 radical (unpaired) electrons. The fraction of sp³-hybridized carbons (Fsp3) is 0.286. The van der Waals surface area contributed by atoms with Crippen molar-refractivity contribution in [2.24, 2.45) is 0 Å². The number of pyridine rings is 1. The lowest BCUT2D eigenvalue weighted by Crippen LogP contribution is -1.91. The predicted molar refractivity (Wildman–Crippen MR) is 38.7 cm³/mol. The van der Waals surface area contributed by atoms with Crippen molar-refractivity contribution in [2.45, 2.75) is 13.8 Å². The molecule has 10 heavy (non-hydrogen) atoms. The molecule has 0 atom stereocenters. The Bertz CT molecular complexity index is 233. The Morgan fingerprint density at radius 3 is 2.50 bits per heavy atom. The maximum absolute atomic E-state index is 12.6. The largest absolute Gasteiger partial charge is 0.227 e. The summed E-state index contributed by atoms with van der Waals surface area (Å²) in [6.07, 6.45) is 1.32. The van der Waals surface area contributed by atoms with Crippen molar-refractivity contribution in [3.8, 4) is 0 Å². The van der Waals surface area contributed by atoms with Crippen molar-refractivity contribution in [2.75, 3.05) is 0 Å². The highest BCUT2D eigenvalue weighted by atomic mass is 35.5. The summed E-state index contributed by atoms with van der Waals surface area (Å²) in [5, 5.41) is 0.513. The van der Waals surface area contributed by atoms with Crippen LogP contribution in [0.1, 0.15) is 11.1 Å². The average molecular weight is 160 g/mol. The Kier molecular flexibility index (Phi) is 1.90. The van der Waals surface area contributed by atoms with Crippen molar-refractivity contribution in [3.63, 3.8) is 0 Å². The molecule has 1 rings (SSSR count). The molecule has 0 unspecified atom stereocenters. The van der Waals surface area contributed by atoms with E-state index in [0.717, 1.165) is 5.56 Å². The summed E-state index contributed by atoms with van der Waals surface area (Å²) in [4.78, 5) is 3.44. The van der Waals surface area contributed by atoms with Crippen LogP contribution in [0.4, 0.5) is 4.39 Å². The third-order valence-electron chi connectivity index (χ3n) is 1.52. The zero-order valence-corrected chi connectivity index (χ0v) is 6.54. The molecule has 0 aromatic carbocycles. The van der Waals surface area contributed by atoms with Crippen LogP contribution in [-0.2, 0) is 0 Å². The van der Waals surface area contributed by atoms with E-state index in [-0.39, 0.29) is 0 Å². The van der Waals surface area contributed by atoms with Gasteiger partial charge in [-0.05, 0) is 19.4 Å². The summed E-state index contributed by atoms with van der Waals surface area (Å²) in [5.41, 5.74) is 1.28. The molecule has 0 N–H and O–H groups in total. The van der Waals surface area contributed by atoms with Crippen LogP contribution in [-0.4, -0.2) is 4.98 Å². The molecular weight excluding hydrogens is 153 g/mol. The third kappa shape index (κ3) is 1.12. The molecule has 54 valence electrons. The molecule has 1 aromatic heterocycles. The predicted octanol–water partition coefficient (Wildman–Crippen LogP) is 2.49. The molecule has 0 bridgehead atoms. The monoisotopic (exact) mass is 159 g/mol. The smallest absolute Gasteiger partial charge is 0.216 e. The molecule has 0 aliphatic heterocycles. The maximum Gasteiger partial charge on any atom is 0.216 e. The van der Waals surface area contributed by atoms with E-state index < -0.39 is 5.95 Å². The lowest BCUT2D eigenvalue weighted by atomic mass is 10.2. The molecule has 0 aliphatic rings. The van der Waals surface area contributed by atoms with Crippen LogP contribution in [0.15, 0.2) is 6.20 Å². The number of halogens is 2. The second-order valence-corrected chi connectivity index (χ2v) is 2.55. The molecule has 1 aromatic rings. The van der Waals surface area contributed by atoms with Crippen LogP contribution in [0.25, 0.3) is 0 Å². The normalized spacial score (nSPS) is 10.0. The van der Waals surface area contributed by atoms with Gasteiger partial charge < -0.3 is 0 Å². The van der Waals surface area contributed by atoms with Gasteiger partial charge in [-0.15, -0.1) is 0 Å². The topological polar surface area (TPSA) is 12.9 Å². The molecule has 3 heteroatoms. The zero-order valence-electron chi connectivity index (χ0n) is 5.78. The van der Waals surface area contributed by atoms with E-state index >= 15 is 0 Å². The number of hydrogen-bond donors (Lipinski definition) is 0. The zero-order chi connectivity index (χ0) is 7.72. The molecule has 1 nitrogen and oxygen atoms in total. The van der Waals surface area contributed by atoms with Gasteiger partial charge in [-0.25, -0.2) is 4.98 Å². The minimum Gasteiger partial charge on any atom is -0.227 e. The molecule has 0 aliphatic carbocycles. The van der Waals surface area contributed by atoms with Crippen LogP contribution in [0.2, 0.25) is 5.02 Å². The van der Waals surface area contributed by atoms with Crippen LogP contribution >= 0.6 is 11.6 Å². The first-order chi connectivity index (χ1) is 4.63. The summed E-state index contributed by atoms with van der Waals surface area (Å²) in [6.45, 7) is 3.42. The lowest BCUT2D eigenvalue weighted by Gasteiger charge is -2.00. The van der Waals surface area contributed by atoms with E-state index in [4.69, 9.17) is 11.6 Å². The van der Waals surface area contributed by atoms with Crippen molar-refractivity contribution < 1.29 is 4.39 Å². The summed E-state index contributed by atoms with van der Waals surface area (Å²) in [5.74, 6) is -0.443. The van der Waals surface area contributed by atoms with Gasteiger partial charge in [0.25, 0.3) is 0 Å². The first-order valence-electron chi connectivity index (χ1n) is 2.90. The van der Waals surface area contributed by atoms with Gasteiger partial charge in [0.15, 0.2) is 0 Å².